The molecule has 3 aromatic heterocycles. The Morgan fingerprint density at radius 3 is 2.59 bits per heavy atom. The first-order valence-electron chi connectivity index (χ1n) is 12.2. The molecular weight excluding hydrogens is 524 g/mol. The van der Waals surface area contributed by atoms with E-state index in [1.54, 1.807) is 52.1 Å². The van der Waals surface area contributed by atoms with Crippen LogP contribution in [0.25, 0.3) is 10.2 Å². The van der Waals surface area contributed by atoms with Crippen LogP contribution in [-0.4, -0.2) is 50.8 Å². The van der Waals surface area contributed by atoms with Crippen LogP contribution in [0.3, 0.4) is 0 Å². The first kappa shape index (κ1) is 27.5. The highest BCUT2D eigenvalue weighted by Gasteiger charge is 2.27. The van der Waals surface area contributed by atoms with Crippen LogP contribution in [0.4, 0.5) is 11.5 Å². The molecule has 1 aromatic carbocycles. The van der Waals surface area contributed by atoms with E-state index in [9.17, 15) is 19.2 Å². The molecule has 4 aromatic rings. The molecule has 3 heterocycles. The van der Waals surface area contributed by atoms with Crippen molar-refractivity contribution in [2.75, 3.05) is 24.4 Å². The normalized spacial score (nSPS) is 11.7. The highest BCUT2D eigenvalue weighted by atomic mass is 32.1. The lowest BCUT2D eigenvalue weighted by Crippen LogP contribution is -2.34. The summed E-state index contributed by atoms with van der Waals surface area (Å²) >= 11 is 1.09. The van der Waals surface area contributed by atoms with Gasteiger partial charge < -0.3 is 20.1 Å². The average molecular weight is 553 g/mol. The molecule has 13 heteroatoms. The average Bonchev–Trinajstić information content (AvgIpc) is 3.46. The van der Waals surface area contributed by atoms with E-state index in [2.05, 4.69) is 20.7 Å². The quantitative estimate of drug-likeness (QED) is 0.300. The molecule has 2 amide bonds. The number of aromatic nitrogens is 4. The number of rotatable bonds is 9. The largest absolute Gasteiger partial charge is 0.495 e. The Balaban J connectivity index is 1.66. The first-order valence-corrected chi connectivity index (χ1v) is 13.0. The molecule has 4 rings (SSSR count). The molecule has 204 valence electrons. The third-order valence-electron chi connectivity index (χ3n) is 6.14. The van der Waals surface area contributed by atoms with Crippen LogP contribution < -0.4 is 20.9 Å². The van der Waals surface area contributed by atoms with Crippen molar-refractivity contribution in [3.05, 3.63) is 63.1 Å². The number of amides is 2. The summed E-state index contributed by atoms with van der Waals surface area (Å²) in [6.07, 6.45) is 2.86. The highest BCUT2D eigenvalue weighted by Crippen LogP contribution is 2.30. The van der Waals surface area contributed by atoms with Crippen molar-refractivity contribution < 1.29 is 23.9 Å². The molecule has 0 spiro atoms. The summed E-state index contributed by atoms with van der Waals surface area (Å²) in [4.78, 5) is 57.4. The minimum Gasteiger partial charge on any atom is -0.495 e. The number of hydrogen-bond acceptors (Lipinski definition) is 9. The van der Waals surface area contributed by atoms with Crippen molar-refractivity contribution in [2.45, 2.75) is 33.2 Å². The summed E-state index contributed by atoms with van der Waals surface area (Å²) in [5, 5.41) is 9.81. The number of thiophene rings is 1. The van der Waals surface area contributed by atoms with Crippen LogP contribution >= 0.6 is 11.3 Å². The van der Waals surface area contributed by atoms with Crippen LogP contribution in [-0.2, 0) is 16.6 Å². The number of ether oxygens (including phenoxy) is 2. The summed E-state index contributed by atoms with van der Waals surface area (Å²) in [6.45, 7) is 5.27. The lowest BCUT2D eigenvalue weighted by atomic mass is 10.1. The Bertz CT molecular complexity index is 1620. The van der Waals surface area contributed by atoms with Gasteiger partial charge in [-0.25, -0.2) is 9.78 Å². The molecule has 0 fully saturated rings. The summed E-state index contributed by atoms with van der Waals surface area (Å²) < 4.78 is 12.9. The number of fused-ring (bicyclic) bond motifs is 1. The van der Waals surface area contributed by atoms with Gasteiger partial charge in [0.05, 0.1) is 42.2 Å². The number of aryl methyl sites for hydroxylation is 2. The zero-order chi connectivity index (χ0) is 28.3. The molecular formula is C26H28N6O6S. The van der Waals surface area contributed by atoms with Gasteiger partial charge in [-0.1, -0.05) is 19.1 Å². The van der Waals surface area contributed by atoms with Gasteiger partial charge >= 0.3 is 5.97 Å². The van der Waals surface area contributed by atoms with Gasteiger partial charge in [0.25, 0.3) is 11.5 Å². The Kier molecular flexibility index (Phi) is 8.10. The molecule has 0 saturated heterocycles. The second-order valence-corrected chi connectivity index (χ2v) is 9.51. The number of hydrogen-bond donors (Lipinski definition) is 2. The van der Waals surface area contributed by atoms with Crippen LogP contribution in [0.5, 0.6) is 5.75 Å². The number of nitrogens with zero attached hydrogens (tertiary/aromatic N) is 4. The SMILES string of the molecule is CCOC(=O)c1cnn(C)c1NC(=O)C(CC)n1cnc2sc(C(=O)Nc3ccccc3OC)c(C)c2c1=O. The number of methoxy groups -OCH3 is 1. The number of benzene rings is 1. The standard InChI is InChI=1S/C26H28N6O6S/c1-6-17(22(33)30-21-15(12-28-31(21)4)26(36)38-7-2)32-13-27-24-19(25(32)35)14(3)20(39-24)23(34)29-16-10-8-9-11-18(16)37-5/h8-13,17H,6-7H2,1-5H3,(H,29,34)(H,30,33). The van der Waals surface area contributed by atoms with Crippen molar-refractivity contribution in [3.63, 3.8) is 0 Å². The van der Waals surface area contributed by atoms with Gasteiger partial charge in [0.1, 0.15) is 28.0 Å². The third kappa shape index (κ3) is 5.25. The van der Waals surface area contributed by atoms with Gasteiger partial charge in [0.2, 0.25) is 5.91 Å². The number of anilines is 2. The van der Waals surface area contributed by atoms with Gasteiger partial charge in [0, 0.05) is 7.05 Å². The first-order chi connectivity index (χ1) is 18.7. The van der Waals surface area contributed by atoms with Gasteiger partial charge in [-0.15, -0.1) is 11.3 Å². The van der Waals surface area contributed by atoms with Crippen LogP contribution in [0.15, 0.2) is 41.6 Å². The predicted molar refractivity (Wildman–Crippen MR) is 147 cm³/mol. The topological polar surface area (TPSA) is 146 Å². The number of carbonyl (C=O) groups is 3. The summed E-state index contributed by atoms with van der Waals surface area (Å²) in [5.41, 5.74) is 0.596. The number of esters is 1. The minimum absolute atomic E-state index is 0.0999. The molecule has 2 N–H and O–H groups in total. The Hall–Kier alpha value is -4.52. The molecule has 1 unspecified atom stereocenters. The monoisotopic (exact) mass is 552 g/mol. The molecule has 0 saturated carbocycles. The second kappa shape index (κ2) is 11.5. The van der Waals surface area contributed by atoms with Crippen molar-refractivity contribution in [1.29, 1.82) is 0 Å². The van der Waals surface area contributed by atoms with E-state index in [0.717, 1.165) is 11.3 Å². The van der Waals surface area contributed by atoms with Crippen molar-refractivity contribution in [3.8, 4) is 5.75 Å². The summed E-state index contributed by atoms with van der Waals surface area (Å²) in [6, 6.07) is 6.06. The maximum atomic E-state index is 13.6. The number of carbonyl (C=O) groups excluding carboxylic acids is 3. The predicted octanol–water partition coefficient (Wildman–Crippen LogP) is 3.53. The maximum absolute atomic E-state index is 13.6. The van der Waals surface area contributed by atoms with Crippen LogP contribution in [0.1, 0.15) is 51.9 Å². The summed E-state index contributed by atoms with van der Waals surface area (Å²) in [5.74, 6) is -0.903. The van der Waals surface area contributed by atoms with Gasteiger partial charge in [0.15, 0.2) is 0 Å². The fourth-order valence-electron chi connectivity index (χ4n) is 4.16. The zero-order valence-corrected chi connectivity index (χ0v) is 22.9. The molecule has 12 nitrogen and oxygen atoms in total. The third-order valence-corrected chi connectivity index (χ3v) is 7.34. The Morgan fingerprint density at radius 1 is 1.15 bits per heavy atom. The fraction of sp³-hybridized carbons (Fsp3) is 0.308. The lowest BCUT2D eigenvalue weighted by Gasteiger charge is -2.18. The van der Waals surface area contributed by atoms with E-state index in [1.165, 1.54) is 28.9 Å². The van der Waals surface area contributed by atoms with Crippen molar-refractivity contribution in [1.82, 2.24) is 19.3 Å². The van der Waals surface area contributed by atoms with Crippen LogP contribution in [0.2, 0.25) is 0 Å². The molecule has 0 radical (unpaired) electrons. The zero-order valence-electron chi connectivity index (χ0n) is 22.1. The molecule has 0 aliphatic rings. The van der Waals surface area contributed by atoms with Crippen molar-refractivity contribution >= 4 is 50.8 Å². The van der Waals surface area contributed by atoms with Gasteiger partial charge in [-0.05, 0) is 38.0 Å². The van der Waals surface area contributed by atoms with E-state index in [-0.39, 0.29) is 29.8 Å². The Labute approximate surface area is 227 Å². The van der Waals surface area contributed by atoms with E-state index in [4.69, 9.17) is 9.47 Å². The Morgan fingerprint density at radius 2 is 1.90 bits per heavy atom. The molecule has 0 bridgehead atoms. The molecule has 0 aliphatic carbocycles. The van der Waals surface area contributed by atoms with Crippen LogP contribution in [0, 0.1) is 6.92 Å². The molecule has 1 atom stereocenters. The fourth-order valence-corrected chi connectivity index (χ4v) is 5.19. The maximum Gasteiger partial charge on any atom is 0.343 e. The van der Waals surface area contributed by atoms with E-state index >= 15 is 0 Å². The van der Waals surface area contributed by atoms with Gasteiger partial charge in [-0.3, -0.25) is 23.6 Å². The van der Waals surface area contributed by atoms with Gasteiger partial charge in [-0.2, -0.15) is 5.10 Å². The van der Waals surface area contributed by atoms with E-state index < -0.39 is 29.4 Å². The van der Waals surface area contributed by atoms with E-state index in [0.29, 0.717) is 26.7 Å². The highest BCUT2D eigenvalue weighted by molar-refractivity contribution is 7.20. The molecule has 39 heavy (non-hydrogen) atoms. The lowest BCUT2D eigenvalue weighted by molar-refractivity contribution is -0.119. The smallest absolute Gasteiger partial charge is 0.343 e. The minimum atomic E-state index is -0.940. The summed E-state index contributed by atoms with van der Waals surface area (Å²) in [7, 11) is 3.08. The number of para-hydroxylation sites is 2. The van der Waals surface area contributed by atoms with Crippen molar-refractivity contribution in [2.24, 2.45) is 7.05 Å². The second-order valence-electron chi connectivity index (χ2n) is 8.51. The van der Waals surface area contributed by atoms with E-state index in [1.807, 2.05) is 0 Å². The number of nitrogens with one attached hydrogen (secondary N) is 2. The molecule has 0 aliphatic heterocycles.